The molecule has 2 rings (SSSR count). The summed E-state index contributed by atoms with van der Waals surface area (Å²) in [7, 11) is 1.20. The smallest absolute Gasteiger partial charge is 0.416 e. The molecular weight excluding hydrogens is 477 g/mol. The van der Waals surface area contributed by atoms with Crippen LogP contribution in [0.4, 0.5) is 22.0 Å². The number of aryl methyl sites for hydroxylation is 1. The van der Waals surface area contributed by atoms with Gasteiger partial charge in [0.2, 0.25) is 5.88 Å². The minimum atomic E-state index is -4.67. The monoisotopic (exact) mass is 499 g/mol. The van der Waals surface area contributed by atoms with Gasteiger partial charge in [-0.25, -0.2) is 18.3 Å². The number of aromatic nitrogens is 2. The molecule has 1 heterocycles. The lowest BCUT2D eigenvalue weighted by atomic mass is 10.1. The highest BCUT2D eigenvalue weighted by molar-refractivity contribution is 5.98. The van der Waals surface area contributed by atoms with Crippen molar-refractivity contribution in [2.75, 3.05) is 0 Å². The Morgan fingerprint density at radius 2 is 1.91 bits per heavy atom. The second kappa shape index (κ2) is 11.0. The standard InChI is InChI=1S/C23H22F5N3O4/c1-5-14(22(33)34)10-9-12(2)13(3)29-20(32)17-18(19(24)25)30-31(4)21(17)35-16-8-6-7-15(11-16)23(26,27)28/h5-11,13,19H,2H2,1,3-4H3,(H,29,32)(H,33,34). The minimum Gasteiger partial charge on any atom is -0.478 e. The number of alkyl halides is 5. The molecule has 0 aliphatic heterocycles. The molecule has 1 amide bonds. The molecule has 1 unspecified atom stereocenters. The number of allylic oxidation sites excluding steroid dienone is 1. The maximum absolute atomic E-state index is 13.6. The fourth-order valence-corrected chi connectivity index (χ4v) is 2.85. The van der Waals surface area contributed by atoms with Crippen LogP contribution in [-0.2, 0) is 18.0 Å². The lowest BCUT2D eigenvalue weighted by Gasteiger charge is -2.16. The van der Waals surface area contributed by atoms with Gasteiger partial charge in [0, 0.05) is 7.05 Å². The summed E-state index contributed by atoms with van der Waals surface area (Å²) < 4.78 is 72.5. The normalized spacial score (nSPS) is 13.2. The van der Waals surface area contributed by atoms with Crippen LogP contribution in [0, 0.1) is 0 Å². The van der Waals surface area contributed by atoms with Crippen molar-refractivity contribution in [1.29, 1.82) is 0 Å². The van der Waals surface area contributed by atoms with Crippen molar-refractivity contribution in [3.63, 3.8) is 0 Å². The molecule has 0 radical (unpaired) electrons. The number of carboxylic acids is 1. The molecule has 2 N–H and O–H groups in total. The summed E-state index contributed by atoms with van der Waals surface area (Å²) in [6.45, 7) is 6.72. The molecule has 0 saturated carbocycles. The molecule has 0 spiro atoms. The van der Waals surface area contributed by atoms with Crippen molar-refractivity contribution in [2.24, 2.45) is 7.05 Å². The first-order chi connectivity index (χ1) is 16.3. The maximum Gasteiger partial charge on any atom is 0.416 e. The molecule has 0 aliphatic carbocycles. The Hall–Kier alpha value is -3.96. The van der Waals surface area contributed by atoms with Crippen LogP contribution >= 0.6 is 0 Å². The van der Waals surface area contributed by atoms with Gasteiger partial charge in [-0.2, -0.15) is 18.3 Å². The predicted molar refractivity (Wildman–Crippen MR) is 116 cm³/mol. The van der Waals surface area contributed by atoms with Crippen LogP contribution in [-0.4, -0.2) is 32.8 Å². The summed E-state index contributed by atoms with van der Waals surface area (Å²) in [5, 5.41) is 15.1. The number of hydrogen-bond donors (Lipinski definition) is 2. The highest BCUT2D eigenvalue weighted by atomic mass is 19.4. The molecule has 2 aromatic rings. The number of hydrogen-bond acceptors (Lipinski definition) is 4. The van der Waals surface area contributed by atoms with E-state index in [0.29, 0.717) is 6.07 Å². The van der Waals surface area contributed by atoms with Crippen molar-refractivity contribution in [3.8, 4) is 11.6 Å². The van der Waals surface area contributed by atoms with E-state index in [1.807, 2.05) is 0 Å². The molecule has 1 aromatic carbocycles. The van der Waals surface area contributed by atoms with Gasteiger partial charge in [-0.1, -0.05) is 24.8 Å². The number of benzene rings is 1. The number of aliphatic carboxylic acids is 1. The average Bonchev–Trinajstić information content (AvgIpc) is 3.09. The summed E-state index contributed by atoms with van der Waals surface area (Å²) in [5.41, 5.74) is -2.41. The van der Waals surface area contributed by atoms with E-state index in [9.17, 15) is 31.5 Å². The van der Waals surface area contributed by atoms with E-state index < -0.39 is 53.2 Å². The lowest BCUT2D eigenvalue weighted by Crippen LogP contribution is -2.34. The quantitative estimate of drug-likeness (QED) is 0.273. The van der Waals surface area contributed by atoms with Gasteiger partial charge in [0.1, 0.15) is 17.0 Å². The fraction of sp³-hybridized carbons (Fsp3) is 0.261. The van der Waals surface area contributed by atoms with Gasteiger partial charge < -0.3 is 15.2 Å². The van der Waals surface area contributed by atoms with Gasteiger partial charge in [-0.05, 0) is 43.7 Å². The number of ether oxygens (including phenoxy) is 1. The summed E-state index contributed by atoms with van der Waals surface area (Å²) in [5.74, 6) is -3.05. The number of rotatable bonds is 9. The van der Waals surface area contributed by atoms with E-state index in [1.54, 1.807) is 0 Å². The molecule has 0 bridgehead atoms. The average molecular weight is 499 g/mol. The molecule has 1 aromatic heterocycles. The maximum atomic E-state index is 13.6. The van der Waals surface area contributed by atoms with Crippen molar-refractivity contribution in [1.82, 2.24) is 15.1 Å². The second-order valence-electron chi connectivity index (χ2n) is 7.27. The van der Waals surface area contributed by atoms with E-state index in [-0.39, 0.29) is 16.9 Å². The number of carbonyl (C=O) groups is 2. The molecule has 0 aliphatic rings. The zero-order chi connectivity index (χ0) is 26.5. The summed E-state index contributed by atoms with van der Waals surface area (Å²) in [6, 6.07) is 2.86. The number of amides is 1. The Bertz CT molecular complexity index is 1180. The first-order valence-corrected chi connectivity index (χ1v) is 10.0. The molecule has 0 saturated heterocycles. The van der Waals surface area contributed by atoms with Crippen LogP contribution in [0.15, 0.2) is 60.2 Å². The van der Waals surface area contributed by atoms with Crippen molar-refractivity contribution < 1.29 is 41.4 Å². The second-order valence-corrected chi connectivity index (χ2v) is 7.27. The number of nitrogens with one attached hydrogen (secondary N) is 1. The summed E-state index contributed by atoms with van der Waals surface area (Å²) in [6.07, 6.45) is -3.92. The molecular formula is C23H22F5N3O4. The van der Waals surface area contributed by atoms with Gasteiger partial charge in [0.05, 0.1) is 17.2 Å². The largest absolute Gasteiger partial charge is 0.478 e. The number of carbonyl (C=O) groups excluding carboxylic acids is 1. The van der Waals surface area contributed by atoms with Gasteiger partial charge in [-0.3, -0.25) is 4.79 Å². The lowest BCUT2D eigenvalue weighted by molar-refractivity contribution is -0.137. The number of halogens is 5. The highest BCUT2D eigenvalue weighted by Gasteiger charge is 2.33. The molecule has 35 heavy (non-hydrogen) atoms. The van der Waals surface area contributed by atoms with Gasteiger partial charge in [0.15, 0.2) is 0 Å². The first-order valence-electron chi connectivity index (χ1n) is 10.0. The summed E-state index contributed by atoms with van der Waals surface area (Å²) >= 11 is 0. The molecule has 1 atom stereocenters. The van der Waals surface area contributed by atoms with Crippen molar-refractivity contribution in [2.45, 2.75) is 32.5 Å². The van der Waals surface area contributed by atoms with Gasteiger partial charge in [0.25, 0.3) is 12.3 Å². The van der Waals surface area contributed by atoms with E-state index in [4.69, 9.17) is 9.84 Å². The summed E-state index contributed by atoms with van der Waals surface area (Å²) in [4.78, 5) is 24.0. The SMILES string of the molecule is C=C(C=CC(=CC)C(=O)O)C(C)NC(=O)c1c(C(F)F)nn(C)c1Oc1cccc(C(F)(F)F)c1. The third-order valence-corrected chi connectivity index (χ3v) is 4.77. The third kappa shape index (κ3) is 6.78. The fourth-order valence-electron chi connectivity index (χ4n) is 2.85. The molecule has 188 valence electrons. The van der Waals surface area contributed by atoms with E-state index in [1.165, 1.54) is 45.2 Å². The van der Waals surface area contributed by atoms with Gasteiger partial charge in [-0.15, -0.1) is 0 Å². The Morgan fingerprint density at radius 1 is 1.26 bits per heavy atom. The van der Waals surface area contributed by atoms with Crippen molar-refractivity contribution >= 4 is 11.9 Å². The van der Waals surface area contributed by atoms with Crippen LogP contribution in [0.5, 0.6) is 11.6 Å². The third-order valence-electron chi connectivity index (χ3n) is 4.77. The van der Waals surface area contributed by atoms with E-state index >= 15 is 0 Å². The topological polar surface area (TPSA) is 93.5 Å². The number of nitrogens with zero attached hydrogens (tertiary/aromatic N) is 2. The highest BCUT2D eigenvalue weighted by Crippen LogP contribution is 2.35. The van der Waals surface area contributed by atoms with E-state index in [2.05, 4.69) is 17.0 Å². The van der Waals surface area contributed by atoms with Crippen LogP contribution in [0.3, 0.4) is 0 Å². The first kappa shape index (κ1) is 27.3. The Kier molecular flexibility index (Phi) is 8.56. The predicted octanol–water partition coefficient (Wildman–Crippen LogP) is 5.43. The van der Waals surface area contributed by atoms with Crippen LogP contribution in [0.1, 0.15) is 41.9 Å². The van der Waals surface area contributed by atoms with Crippen LogP contribution < -0.4 is 10.1 Å². The Morgan fingerprint density at radius 3 is 2.46 bits per heavy atom. The zero-order valence-electron chi connectivity index (χ0n) is 18.9. The van der Waals surface area contributed by atoms with E-state index in [0.717, 1.165) is 16.8 Å². The zero-order valence-corrected chi connectivity index (χ0v) is 18.9. The Balaban J connectivity index is 2.36. The minimum absolute atomic E-state index is 0.0336. The molecule has 12 heteroatoms. The molecule has 7 nitrogen and oxygen atoms in total. The molecule has 0 fully saturated rings. The van der Waals surface area contributed by atoms with Gasteiger partial charge >= 0.3 is 12.1 Å². The van der Waals surface area contributed by atoms with Crippen molar-refractivity contribution in [3.05, 3.63) is 77.0 Å². The Labute approximate surface area is 197 Å². The van der Waals surface area contributed by atoms with Crippen LogP contribution in [0.25, 0.3) is 0 Å². The number of carboxylic acid groups (broad SMARTS) is 1. The van der Waals surface area contributed by atoms with Crippen LogP contribution in [0.2, 0.25) is 0 Å².